The molecule has 20 heavy (non-hydrogen) atoms. The lowest BCUT2D eigenvalue weighted by Gasteiger charge is -2.25. The maximum absolute atomic E-state index is 11.9. The topological polar surface area (TPSA) is 67.4 Å². The monoisotopic (exact) mass is 306 g/mol. The summed E-state index contributed by atoms with van der Waals surface area (Å²) in [5.74, 6) is 0.166. The largest absolute Gasteiger partial charge is 0.464 e. The van der Waals surface area contributed by atoms with Gasteiger partial charge in [-0.3, -0.25) is 4.79 Å². The summed E-state index contributed by atoms with van der Waals surface area (Å²) in [4.78, 5) is 23.5. The number of rotatable bonds is 6. The van der Waals surface area contributed by atoms with E-state index in [0.29, 0.717) is 18.9 Å². The maximum atomic E-state index is 11.9. The van der Waals surface area contributed by atoms with E-state index in [0.717, 1.165) is 32.4 Å². The van der Waals surface area contributed by atoms with Crippen LogP contribution in [0.25, 0.3) is 0 Å². The molecule has 118 valence electrons. The number of esters is 1. The van der Waals surface area contributed by atoms with Gasteiger partial charge in [0.25, 0.3) is 0 Å². The van der Waals surface area contributed by atoms with Crippen LogP contribution in [0.15, 0.2) is 0 Å². The number of piperidine rings is 1. The summed E-state index contributed by atoms with van der Waals surface area (Å²) in [7, 11) is 0. The van der Waals surface area contributed by atoms with E-state index >= 15 is 0 Å². The van der Waals surface area contributed by atoms with Crippen LogP contribution >= 0.6 is 12.4 Å². The number of nitrogens with one attached hydrogen (secondary N) is 2. The van der Waals surface area contributed by atoms with E-state index in [1.165, 1.54) is 0 Å². The number of carbonyl (C=O) groups excluding carboxylic acids is 2. The molecule has 0 spiro atoms. The molecule has 1 aliphatic heterocycles. The number of ether oxygens (including phenoxy) is 1. The zero-order valence-electron chi connectivity index (χ0n) is 12.7. The SMILES string of the molecule is CCOC(=O)C(C)(C)NC(=O)CCC1CCNCC1.Cl. The highest BCUT2D eigenvalue weighted by molar-refractivity contribution is 5.87. The first-order valence-electron chi connectivity index (χ1n) is 7.14. The molecular formula is C14H27ClN2O3. The van der Waals surface area contributed by atoms with Crippen LogP contribution in [0, 0.1) is 5.92 Å². The molecule has 1 amide bonds. The minimum atomic E-state index is -0.943. The molecule has 0 aliphatic carbocycles. The fourth-order valence-electron chi connectivity index (χ4n) is 2.28. The van der Waals surface area contributed by atoms with Crippen molar-refractivity contribution in [3.8, 4) is 0 Å². The van der Waals surface area contributed by atoms with Crippen LogP contribution in [0.3, 0.4) is 0 Å². The van der Waals surface area contributed by atoms with Gasteiger partial charge in [-0.15, -0.1) is 12.4 Å². The Kier molecular flexibility index (Phi) is 8.81. The summed E-state index contributed by atoms with van der Waals surface area (Å²) in [6, 6.07) is 0. The molecule has 6 heteroatoms. The highest BCUT2D eigenvalue weighted by Crippen LogP contribution is 2.18. The quantitative estimate of drug-likeness (QED) is 0.732. The Morgan fingerprint density at radius 3 is 2.45 bits per heavy atom. The highest BCUT2D eigenvalue weighted by Gasteiger charge is 2.30. The third kappa shape index (κ3) is 6.57. The van der Waals surface area contributed by atoms with Crippen molar-refractivity contribution < 1.29 is 14.3 Å². The zero-order valence-corrected chi connectivity index (χ0v) is 13.5. The van der Waals surface area contributed by atoms with Crippen LogP contribution in [0.4, 0.5) is 0 Å². The summed E-state index contributed by atoms with van der Waals surface area (Å²) in [5.41, 5.74) is -0.943. The Bertz CT molecular complexity index is 316. The molecule has 1 rings (SSSR count). The average molecular weight is 307 g/mol. The smallest absolute Gasteiger partial charge is 0.331 e. The third-order valence-corrected chi connectivity index (χ3v) is 3.48. The zero-order chi connectivity index (χ0) is 14.3. The number of halogens is 1. The lowest BCUT2D eigenvalue weighted by molar-refractivity contribution is -0.151. The van der Waals surface area contributed by atoms with E-state index in [9.17, 15) is 9.59 Å². The van der Waals surface area contributed by atoms with Gasteiger partial charge >= 0.3 is 5.97 Å². The Morgan fingerprint density at radius 2 is 1.90 bits per heavy atom. The normalized spacial score (nSPS) is 16.1. The molecule has 1 heterocycles. The van der Waals surface area contributed by atoms with Crippen molar-refractivity contribution in [2.45, 2.75) is 52.0 Å². The Hall–Kier alpha value is -0.810. The Morgan fingerprint density at radius 1 is 1.30 bits per heavy atom. The van der Waals surface area contributed by atoms with Crippen molar-refractivity contribution in [3.05, 3.63) is 0 Å². The molecular weight excluding hydrogens is 280 g/mol. The van der Waals surface area contributed by atoms with Gasteiger partial charge in [-0.1, -0.05) is 0 Å². The van der Waals surface area contributed by atoms with Gasteiger partial charge in [-0.2, -0.15) is 0 Å². The van der Waals surface area contributed by atoms with Crippen LogP contribution in [0.1, 0.15) is 46.5 Å². The lowest BCUT2D eigenvalue weighted by atomic mass is 9.93. The molecule has 5 nitrogen and oxygen atoms in total. The van der Waals surface area contributed by atoms with Gasteiger partial charge in [0, 0.05) is 6.42 Å². The first-order valence-corrected chi connectivity index (χ1v) is 7.14. The molecule has 0 aromatic heterocycles. The van der Waals surface area contributed by atoms with Gasteiger partial charge in [0.15, 0.2) is 0 Å². The number of amides is 1. The molecule has 0 bridgehead atoms. The van der Waals surface area contributed by atoms with Crippen molar-refractivity contribution >= 4 is 24.3 Å². The number of carbonyl (C=O) groups is 2. The minimum absolute atomic E-state index is 0. The summed E-state index contributed by atoms with van der Waals surface area (Å²) in [6.07, 6.45) is 3.64. The van der Waals surface area contributed by atoms with E-state index in [1.807, 2.05) is 0 Å². The third-order valence-electron chi connectivity index (χ3n) is 3.48. The molecule has 2 N–H and O–H groups in total. The van der Waals surface area contributed by atoms with Crippen LogP contribution in [0.5, 0.6) is 0 Å². The summed E-state index contributed by atoms with van der Waals surface area (Å²) >= 11 is 0. The van der Waals surface area contributed by atoms with Crippen LogP contribution < -0.4 is 10.6 Å². The van der Waals surface area contributed by atoms with Gasteiger partial charge in [0.1, 0.15) is 5.54 Å². The first kappa shape index (κ1) is 19.2. The summed E-state index contributed by atoms with van der Waals surface area (Å²) in [6.45, 7) is 7.52. The molecule has 1 fully saturated rings. The van der Waals surface area contributed by atoms with Gasteiger partial charge in [0.2, 0.25) is 5.91 Å². The second kappa shape index (κ2) is 9.19. The number of hydrogen-bond donors (Lipinski definition) is 2. The fourth-order valence-corrected chi connectivity index (χ4v) is 2.28. The van der Waals surface area contributed by atoms with Gasteiger partial charge in [-0.25, -0.2) is 4.79 Å². The second-order valence-electron chi connectivity index (χ2n) is 5.63. The minimum Gasteiger partial charge on any atom is -0.464 e. The van der Waals surface area contributed by atoms with E-state index in [2.05, 4.69) is 10.6 Å². The van der Waals surface area contributed by atoms with Crippen LogP contribution in [0.2, 0.25) is 0 Å². The van der Waals surface area contributed by atoms with Crippen molar-refractivity contribution in [1.82, 2.24) is 10.6 Å². The molecule has 1 aliphatic rings. The average Bonchev–Trinajstić information content (AvgIpc) is 2.37. The van der Waals surface area contributed by atoms with Crippen molar-refractivity contribution in [3.63, 3.8) is 0 Å². The number of hydrogen-bond acceptors (Lipinski definition) is 4. The van der Waals surface area contributed by atoms with E-state index in [-0.39, 0.29) is 24.3 Å². The van der Waals surface area contributed by atoms with Gasteiger partial charge in [0.05, 0.1) is 6.61 Å². The predicted octanol–water partition coefficient (Wildman–Crippen LogP) is 1.65. The van der Waals surface area contributed by atoms with Crippen molar-refractivity contribution in [2.75, 3.05) is 19.7 Å². The standard InChI is InChI=1S/C14H26N2O3.ClH/c1-4-19-13(18)14(2,3)16-12(17)6-5-11-7-9-15-10-8-11;/h11,15H,4-10H2,1-3H3,(H,16,17);1H. The van der Waals surface area contributed by atoms with Crippen molar-refractivity contribution in [2.24, 2.45) is 5.92 Å². The lowest BCUT2D eigenvalue weighted by Crippen LogP contribution is -2.50. The van der Waals surface area contributed by atoms with E-state index in [1.54, 1.807) is 20.8 Å². The van der Waals surface area contributed by atoms with Crippen molar-refractivity contribution in [1.29, 1.82) is 0 Å². The van der Waals surface area contributed by atoms with E-state index in [4.69, 9.17) is 4.74 Å². The molecule has 0 radical (unpaired) electrons. The highest BCUT2D eigenvalue weighted by atomic mass is 35.5. The van der Waals surface area contributed by atoms with Gasteiger partial charge in [-0.05, 0) is 59.0 Å². The van der Waals surface area contributed by atoms with Crippen LogP contribution in [-0.2, 0) is 14.3 Å². The second-order valence-corrected chi connectivity index (χ2v) is 5.63. The Labute approximate surface area is 127 Å². The van der Waals surface area contributed by atoms with E-state index < -0.39 is 5.54 Å². The summed E-state index contributed by atoms with van der Waals surface area (Å²) < 4.78 is 4.94. The fraction of sp³-hybridized carbons (Fsp3) is 0.857. The Balaban J connectivity index is 0.00000361. The molecule has 0 atom stereocenters. The predicted molar refractivity (Wildman–Crippen MR) is 80.9 cm³/mol. The molecule has 0 aromatic carbocycles. The molecule has 1 saturated heterocycles. The molecule has 0 aromatic rings. The summed E-state index contributed by atoms with van der Waals surface area (Å²) in [5, 5.41) is 6.06. The van der Waals surface area contributed by atoms with Crippen LogP contribution in [-0.4, -0.2) is 37.1 Å². The molecule has 0 saturated carbocycles. The molecule has 0 unspecified atom stereocenters. The van der Waals surface area contributed by atoms with Gasteiger partial charge < -0.3 is 15.4 Å². The first-order chi connectivity index (χ1) is 8.95. The maximum Gasteiger partial charge on any atom is 0.331 e.